The van der Waals surface area contributed by atoms with Crippen LogP contribution in [0.25, 0.3) is 6.08 Å². The molecule has 0 atom stereocenters. The fourth-order valence-corrected chi connectivity index (χ4v) is 2.57. The van der Waals surface area contributed by atoms with E-state index in [-0.39, 0.29) is 17.5 Å². The highest BCUT2D eigenvalue weighted by Gasteiger charge is 2.19. The van der Waals surface area contributed by atoms with Crippen LogP contribution in [-0.4, -0.2) is 11.9 Å². The van der Waals surface area contributed by atoms with Gasteiger partial charge in [0.15, 0.2) is 0 Å². The second-order valence-corrected chi connectivity index (χ2v) is 5.92. The summed E-state index contributed by atoms with van der Waals surface area (Å²) in [5.74, 6) is -0.257. The molecule has 1 aromatic carbocycles. The number of halogens is 1. The van der Waals surface area contributed by atoms with Crippen molar-refractivity contribution in [2.24, 2.45) is 0 Å². The molecule has 0 saturated heterocycles. The van der Waals surface area contributed by atoms with Crippen LogP contribution >= 0.6 is 22.6 Å². The molecule has 3 nitrogen and oxygen atoms in total. The number of nitriles is 1. The second kappa shape index (κ2) is 6.71. The number of carbonyl (C=O) groups is 1. The van der Waals surface area contributed by atoms with Crippen LogP contribution in [0.15, 0.2) is 29.8 Å². The summed E-state index contributed by atoms with van der Waals surface area (Å²) in [6.07, 6.45) is 6.00. The molecular formula is C15H15IN2O. The number of nitrogens with zero attached hydrogens (tertiary/aromatic N) is 1. The Morgan fingerprint density at radius 3 is 2.53 bits per heavy atom. The van der Waals surface area contributed by atoms with E-state index in [1.165, 1.54) is 0 Å². The molecular weight excluding hydrogens is 351 g/mol. The topological polar surface area (TPSA) is 52.9 Å². The van der Waals surface area contributed by atoms with Crippen molar-refractivity contribution in [2.45, 2.75) is 31.7 Å². The zero-order valence-electron chi connectivity index (χ0n) is 10.5. The van der Waals surface area contributed by atoms with E-state index in [0.29, 0.717) is 0 Å². The van der Waals surface area contributed by atoms with Crippen LogP contribution in [0.1, 0.15) is 31.2 Å². The van der Waals surface area contributed by atoms with Crippen molar-refractivity contribution in [3.8, 4) is 6.07 Å². The molecule has 1 N–H and O–H groups in total. The zero-order valence-corrected chi connectivity index (χ0v) is 12.7. The first-order valence-electron chi connectivity index (χ1n) is 6.37. The molecule has 0 unspecified atom stereocenters. The average Bonchev–Trinajstić information content (AvgIpc) is 2.90. The molecule has 1 fully saturated rings. The van der Waals surface area contributed by atoms with Crippen molar-refractivity contribution >= 4 is 34.6 Å². The number of benzene rings is 1. The van der Waals surface area contributed by atoms with E-state index >= 15 is 0 Å². The van der Waals surface area contributed by atoms with Gasteiger partial charge in [0.25, 0.3) is 5.91 Å². The van der Waals surface area contributed by atoms with Crippen molar-refractivity contribution in [3.63, 3.8) is 0 Å². The highest BCUT2D eigenvalue weighted by atomic mass is 127. The number of rotatable bonds is 3. The maximum atomic E-state index is 12.0. The monoisotopic (exact) mass is 366 g/mol. The highest BCUT2D eigenvalue weighted by Crippen LogP contribution is 2.18. The summed E-state index contributed by atoms with van der Waals surface area (Å²) in [6, 6.07) is 9.94. The summed E-state index contributed by atoms with van der Waals surface area (Å²) in [5.41, 5.74) is 1.05. The van der Waals surface area contributed by atoms with Crippen LogP contribution in [0.2, 0.25) is 0 Å². The minimum absolute atomic E-state index is 0.174. The summed E-state index contributed by atoms with van der Waals surface area (Å²) in [7, 11) is 0. The third kappa shape index (κ3) is 4.06. The van der Waals surface area contributed by atoms with Crippen molar-refractivity contribution < 1.29 is 4.79 Å². The third-order valence-corrected chi connectivity index (χ3v) is 3.96. The molecule has 1 aromatic rings. The van der Waals surface area contributed by atoms with Gasteiger partial charge in [-0.1, -0.05) is 25.0 Å². The minimum Gasteiger partial charge on any atom is -0.349 e. The van der Waals surface area contributed by atoms with Crippen molar-refractivity contribution in [1.29, 1.82) is 5.26 Å². The molecule has 0 bridgehead atoms. The molecule has 0 heterocycles. The predicted octanol–water partition coefficient (Wildman–Crippen LogP) is 3.26. The van der Waals surface area contributed by atoms with Crippen LogP contribution in [0.5, 0.6) is 0 Å². The van der Waals surface area contributed by atoms with E-state index in [9.17, 15) is 4.79 Å². The number of amides is 1. The van der Waals surface area contributed by atoms with E-state index in [1.807, 2.05) is 30.3 Å². The average molecular weight is 366 g/mol. The second-order valence-electron chi connectivity index (χ2n) is 4.68. The van der Waals surface area contributed by atoms with Crippen molar-refractivity contribution in [3.05, 3.63) is 39.0 Å². The van der Waals surface area contributed by atoms with Crippen LogP contribution in [0.4, 0.5) is 0 Å². The molecule has 1 saturated carbocycles. The lowest BCUT2D eigenvalue weighted by molar-refractivity contribution is -0.117. The van der Waals surface area contributed by atoms with Gasteiger partial charge in [0.05, 0.1) is 0 Å². The first kappa shape index (κ1) is 14.1. The van der Waals surface area contributed by atoms with Crippen LogP contribution in [0, 0.1) is 14.9 Å². The molecule has 19 heavy (non-hydrogen) atoms. The van der Waals surface area contributed by atoms with Gasteiger partial charge in [-0.3, -0.25) is 4.79 Å². The molecule has 1 aliphatic rings. The van der Waals surface area contributed by atoms with Crippen molar-refractivity contribution in [2.75, 3.05) is 0 Å². The predicted molar refractivity (Wildman–Crippen MR) is 83.1 cm³/mol. The van der Waals surface area contributed by atoms with Gasteiger partial charge in [-0.25, -0.2) is 0 Å². The Hall–Kier alpha value is -1.35. The maximum absolute atomic E-state index is 12.0. The molecule has 0 spiro atoms. The first-order chi connectivity index (χ1) is 9.19. The Morgan fingerprint density at radius 1 is 1.32 bits per heavy atom. The van der Waals surface area contributed by atoms with Crippen molar-refractivity contribution in [1.82, 2.24) is 5.32 Å². The Balaban J connectivity index is 2.08. The molecule has 1 amide bonds. The number of carbonyl (C=O) groups excluding carboxylic acids is 1. The Kier molecular flexibility index (Phi) is 4.97. The van der Waals surface area contributed by atoms with Gasteiger partial charge in [-0.15, -0.1) is 0 Å². The Morgan fingerprint density at radius 2 is 1.95 bits per heavy atom. The van der Waals surface area contributed by atoms with Gasteiger partial charge < -0.3 is 5.32 Å². The largest absolute Gasteiger partial charge is 0.349 e. The van der Waals surface area contributed by atoms with Gasteiger partial charge in [0.2, 0.25) is 0 Å². The van der Waals surface area contributed by atoms with E-state index in [4.69, 9.17) is 5.26 Å². The smallest absolute Gasteiger partial charge is 0.262 e. The highest BCUT2D eigenvalue weighted by molar-refractivity contribution is 14.1. The summed E-state index contributed by atoms with van der Waals surface area (Å²) in [6.45, 7) is 0. The third-order valence-electron chi connectivity index (χ3n) is 3.24. The molecule has 1 aliphatic carbocycles. The standard InChI is InChI=1S/C15H15IN2O/c16-13-7-5-11(6-8-13)9-12(10-17)15(19)18-14-3-1-2-4-14/h5-9,14H,1-4H2,(H,18,19)/b12-9-. The normalized spacial score (nSPS) is 16.1. The molecule has 0 aromatic heterocycles. The van der Waals surface area contributed by atoms with E-state index < -0.39 is 0 Å². The fourth-order valence-electron chi connectivity index (χ4n) is 2.21. The summed E-state index contributed by atoms with van der Waals surface area (Å²) in [4.78, 5) is 12.0. The van der Waals surface area contributed by atoms with Gasteiger partial charge >= 0.3 is 0 Å². The minimum atomic E-state index is -0.257. The Bertz CT molecular complexity index is 522. The number of hydrogen-bond acceptors (Lipinski definition) is 2. The lowest BCUT2D eigenvalue weighted by atomic mass is 10.1. The van der Waals surface area contributed by atoms with Gasteiger partial charge in [0.1, 0.15) is 11.6 Å². The van der Waals surface area contributed by atoms with Crippen LogP contribution in [0.3, 0.4) is 0 Å². The summed E-state index contributed by atoms with van der Waals surface area (Å²) in [5, 5.41) is 12.0. The van der Waals surface area contributed by atoms with E-state index in [1.54, 1.807) is 6.08 Å². The lowest BCUT2D eigenvalue weighted by Gasteiger charge is -2.10. The van der Waals surface area contributed by atoms with Gasteiger partial charge in [0, 0.05) is 9.61 Å². The van der Waals surface area contributed by atoms with Crippen LogP contribution in [-0.2, 0) is 4.79 Å². The maximum Gasteiger partial charge on any atom is 0.262 e. The van der Waals surface area contributed by atoms with E-state index in [2.05, 4.69) is 27.9 Å². The molecule has 4 heteroatoms. The summed E-state index contributed by atoms with van der Waals surface area (Å²) < 4.78 is 1.13. The molecule has 0 radical (unpaired) electrons. The van der Waals surface area contributed by atoms with Gasteiger partial charge in [-0.2, -0.15) is 5.26 Å². The number of hydrogen-bond donors (Lipinski definition) is 1. The lowest BCUT2D eigenvalue weighted by Crippen LogP contribution is -2.33. The SMILES string of the molecule is N#C/C(=C/c1ccc(I)cc1)C(=O)NC1CCCC1. The Labute approximate surface area is 126 Å². The number of nitrogens with one attached hydrogen (secondary N) is 1. The molecule has 98 valence electrons. The molecule has 0 aliphatic heterocycles. The van der Waals surface area contributed by atoms with Crippen LogP contribution < -0.4 is 5.32 Å². The molecule has 2 rings (SSSR count). The first-order valence-corrected chi connectivity index (χ1v) is 7.45. The van der Waals surface area contributed by atoms with E-state index in [0.717, 1.165) is 34.8 Å². The zero-order chi connectivity index (χ0) is 13.7. The summed E-state index contributed by atoms with van der Waals surface area (Å²) >= 11 is 2.22. The van der Waals surface area contributed by atoms with Gasteiger partial charge in [-0.05, 0) is 59.2 Å². The fraction of sp³-hybridized carbons (Fsp3) is 0.333. The quantitative estimate of drug-likeness (QED) is 0.507.